The number of hydrogen-bond donors (Lipinski definition) is 1. The third kappa shape index (κ3) is 4.17. The van der Waals surface area contributed by atoms with Gasteiger partial charge in [-0.1, -0.05) is 18.2 Å². The summed E-state index contributed by atoms with van der Waals surface area (Å²) in [6, 6.07) is 12.9. The highest BCUT2D eigenvalue weighted by Gasteiger charge is 1.98. The summed E-state index contributed by atoms with van der Waals surface area (Å²) in [6.45, 7) is 1.98. The second kappa shape index (κ2) is 6.57. The lowest BCUT2D eigenvalue weighted by molar-refractivity contribution is 0.402. The molecular formula is C15H20N2S. The first-order valence-corrected chi connectivity index (χ1v) is 7.12. The summed E-state index contributed by atoms with van der Waals surface area (Å²) in [5.41, 5.74) is 2.56. The molecule has 0 aliphatic heterocycles. The van der Waals surface area contributed by atoms with E-state index in [1.54, 1.807) is 0 Å². The zero-order chi connectivity index (χ0) is 12.8. The average Bonchev–Trinajstić information content (AvgIpc) is 2.82. The van der Waals surface area contributed by atoms with Crippen LogP contribution in [0, 0.1) is 0 Å². The predicted octanol–water partition coefficient (Wildman–Crippen LogP) is 3.46. The highest BCUT2D eigenvalue weighted by molar-refractivity contribution is 7.09. The van der Waals surface area contributed by atoms with Gasteiger partial charge in [-0.15, -0.1) is 11.3 Å². The third-order valence-electron chi connectivity index (χ3n) is 2.71. The van der Waals surface area contributed by atoms with Gasteiger partial charge in [0.15, 0.2) is 0 Å². The topological polar surface area (TPSA) is 15.3 Å². The smallest absolute Gasteiger partial charge is 0.0343 e. The molecule has 0 spiro atoms. The highest BCUT2D eigenvalue weighted by atomic mass is 32.1. The lowest BCUT2D eigenvalue weighted by atomic mass is 10.2. The summed E-state index contributed by atoms with van der Waals surface area (Å²) in [5.74, 6) is 0. The van der Waals surface area contributed by atoms with Crippen molar-refractivity contribution >= 4 is 17.0 Å². The highest BCUT2D eigenvalue weighted by Crippen LogP contribution is 2.13. The van der Waals surface area contributed by atoms with Gasteiger partial charge in [0, 0.05) is 23.7 Å². The summed E-state index contributed by atoms with van der Waals surface area (Å²) in [4.78, 5) is 3.62. The van der Waals surface area contributed by atoms with E-state index in [0.29, 0.717) is 0 Å². The Hall–Kier alpha value is -1.32. The van der Waals surface area contributed by atoms with Gasteiger partial charge in [0.2, 0.25) is 0 Å². The number of thiophene rings is 1. The molecule has 0 saturated carbocycles. The molecule has 2 nitrogen and oxygen atoms in total. The van der Waals surface area contributed by atoms with E-state index in [9.17, 15) is 0 Å². The fourth-order valence-corrected chi connectivity index (χ4v) is 2.64. The van der Waals surface area contributed by atoms with E-state index in [-0.39, 0.29) is 0 Å². The van der Waals surface area contributed by atoms with E-state index in [1.807, 2.05) is 11.3 Å². The van der Waals surface area contributed by atoms with Gasteiger partial charge in [0.25, 0.3) is 0 Å². The van der Waals surface area contributed by atoms with Crippen molar-refractivity contribution in [2.45, 2.75) is 13.0 Å². The molecule has 1 N–H and O–H groups in total. The van der Waals surface area contributed by atoms with Crippen LogP contribution in [-0.4, -0.2) is 25.5 Å². The van der Waals surface area contributed by atoms with Crippen LogP contribution in [0.5, 0.6) is 0 Å². The van der Waals surface area contributed by atoms with Crippen LogP contribution < -0.4 is 5.32 Å². The van der Waals surface area contributed by atoms with Crippen LogP contribution in [0.15, 0.2) is 41.8 Å². The zero-order valence-electron chi connectivity index (χ0n) is 11.0. The van der Waals surface area contributed by atoms with Crippen molar-refractivity contribution in [1.82, 2.24) is 4.90 Å². The lowest BCUT2D eigenvalue weighted by Gasteiger charge is -2.11. The monoisotopic (exact) mass is 260 g/mol. The maximum atomic E-state index is 3.48. The minimum atomic E-state index is 0.987. The molecule has 0 radical (unpaired) electrons. The van der Waals surface area contributed by atoms with Gasteiger partial charge < -0.3 is 10.2 Å². The van der Waals surface area contributed by atoms with Crippen LogP contribution >= 0.6 is 11.3 Å². The van der Waals surface area contributed by atoms with Crippen molar-refractivity contribution in [3.8, 4) is 0 Å². The first-order chi connectivity index (χ1) is 8.74. The van der Waals surface area contributed by atoms with E-state index in [4.69, 9.17) is 0 Å². The van der Waals surface area contributed by atoms with Crippen molar-refractivity contribution in [2.75, 3.05) is 26.0 Å². The van der Waals surface area contributed by atoms with Gasteiger partial charge >= 0.3 is 0 Å². The molecule has 0 aliphatic carbocycles. The standard InChI is InChI=1S/C15H20N2S/c1-17(2)12-13-5-3-6-14(11-13)16-9-8-15-7-4-10-18-15/h3-7,10-11,16H,8-9,12H2,1-2H3. The Morgan fingerprint density at radius 3 is 2.78 bits per heavy atom. The molecule has 2 aromatic rings. The van der Waals surface area contributed by atoms with Gasteiger partial charge in [-0.3, -0.25) is 0 Å². The Bertz CT molecular complexity index is 463. The summed E-state index contributed by atoms with van der Waals surface area (Å²) < 4.78 is 0. The molecule has 2 rings (SSSR count). The van der Waals surface area contributed by atoms with E-state index in [0.717, 1.165) is 19.5 Å². The maximum Gasteiger partial charge on any atom is 0.0343 e. The summed E-state index contributed by atoms with van der Waals surface area (Å²) in [6.07, 6.45) is 1.09. The Balaban J connectivity index is 1.85. The van der Waals surface area contributed by atoms with E-state index < -0.39 is 0 Å². The van der Waals surface area contributed by atoms with Crippen molar-refractivity contribution in [3.63, 3.8) is 0 Å². The number of anilines is 1. The van der Waals surface area contributed by atoms with Crippen LogP contribution in [0.2, 0.25) is 0 Å². The Kier molecular flexibility index (Phi) is 4.79. The van der Waals surface area contributed by atoms with Crippen molar-refractivity contribution in [2.24, 2.45) is 0 Å². The number of nitrogens with zero attached hydrogens (tertiary/aromatic N) is 1. The summed E-state index contributed by atoms with van der Waals surface area (Å²) in [5, 5.41) is 5.62. The fraction of sp³-hybridized carbons (Fsp3) is 0.333. The second-order valence-corrected chi connectivity index (χ2v) is 5.73. The SMILES string of the molecule is CN(C)Cc1cccc(NCCc2cccs2)c1. The molecule has 0 aliphatic rings. The molecule has 3 heteroatoms. The average molecular weight is 260 g/mol. The van der Waals surface area contributed by atoms with Crippen molar-refractivity contribution in [1.29, 1.82) is 0 Å². The lowest BCUT2D eigenvalue weighted by Crippen LogP contribution is -2.11. The fourth-order valence-electron chi connectivity index (χ4n) is 1.93. The van der Waals surface area contributed by atoms with Crippen LogP contribution in [0.3, 0.4) is 0 Å². The van der Waals surface area contributed by atoms with E-state index in [2.05, 4.69) is 66.1 Å². The van der Waals surface area contributed by atoms with Crippen LogP contribution in [0.1, 0.15) is 10.4 Å². The number of nitrogens with one attached hydrogen (secondary N) is 1. The maximum absolute atomic E-state index is 3.48. The van der Waals surface area contributed by atoms with Gasteiger partial charge in [-0.25, -0.2) is 0 Å². The van der Waals surface area contributed by atoms with Gasteiger partial charge in [0.05, 0.1) is 0 Å². The second-order valence-electron chi connectivity index (χ2n) is 4.69. The van der Waals surface area contributed by atoms with Crippen LogP contribution in [0.4, 0.5) is 5.69 Å². The third-order valence-corrected chi connectivity index (χ3v) is 3.64. The van der Waals surface area contributed by atoms with Crippen molar-refractivity contribution < 1.29 is 0 Å². The molecule has 0 saturated heterocycles. The summed E-state index contributed by atoms with van der Waals surface area (Å²) >= 11 is 1.82. The van der Waals surface area contributed by atoms with Gasteiger partial charge in [-0.2, -0.15) is 0 Å². The van der Waals surface area contributed by atoms with Gasteiger partial charge in [-0.05, 0) is 49.7 Å². The molecular weight excluding hydrogens is 240 g/mol. The molecule has 18 heavy (non-hydrogen) atoms. The predicted molar refractivity (Wildman–Crippen MR) is 80.3 cm³/mol. The normalized spacial score (nSPS) is 10.8. The molecule has 1 heterocycles. The van der Waals surface area contributed by atoms with E-state index in [1.165, 1.54) is 16.1 Å². The molecule has 0 amide bonds. The molecule has 96 valence electrons. The molecule has 0 atom stereocenters. The number of rotatable bonds is 6. The first kappa shape index (κ1) is 13.1. The van der Waals surface area contributed by atoms with Crippen LogP contribution in [0.25, 0.3) is 0 Å². The molecule has 0 fully saturated rings. The quantitative estimate of drug-likeness (QED) is 0.855. The molecule has 0 bridgehead atoms. The number of benzene rings is 1. The summed E-state index contributed by atoms with van der Waals surface area (Å²) in [7, 11) is 4.19. The Labute approximate surface area is 113 Å². The van der Waals surface area contributed by atoms with Crippen LogP contribution in [-0.2, 0) is 13.0 Å². The molecule has 1 aromatic carbocycles. The minimum absolute atomic E-state index is 0.987. The first-order valence-electron chi connectivity index (χ1n) is 6.24. The van der Waals surface area contributed by atoms with Crippen molar-refractivity contribution in [3.05, 3.63) is 52.2 Å². The number of hydrogen-bond acceptors (Lipinski definition) is 3. The Morgan fingerprint density at radius 2 is 2.06 bits per heavy atom. The van der Waals surface area contributed by atoms with E-state index >= 15 is 0 Å². The molecule has 0 unspecified atom stereocenters. The van der Waals surface area contributed by atoms with Gasteiger partial charge in [0.1, 0.15) is 0 Å². The molecule has 1 aromatic heterocycles. The zero-order valence-corrected chi connectivity index (χ0v) is 11.8. The largest absolute Gasteiger partial charge is 0.385 e. The Morgan fingerprint density at radius 1 is 1.17 bits per heavy atom. The minimum Gasteiger partial charge on any atom is -0.385 e.